The van der Waals surface area contributed by atoms with Crippen molar-refractivity contribution in [3.05, 3.63) is 26.8 Å². The van der Waals surface area contributed by atoms with Crippen molar-refractivity contribution >= 4 is 39.9 Å². The van der Waals surface area contributed by atoms with Gasteiger partial charge in [0.05, 0.1) is 0 Å². The fraction of sp³-hybridized carbons (Fsp3) is 0.600. The van der Waals surface area contributed by atoms with E-state index in [9.17, 15) is 0 Å². The van der Waals surface area contributed by atoms with Crippen molar-refractivity contribution in [2.24, 2.45) is 0 Å². The van der Waals surface area contributed by atoms with E-state index in [4.69, 9.17) is 11.6 Å². The van der Waals surface area contributed by atoms with Gasteiger partial charge in [-0.25, -0.2) is 0 Å². The van der Waals surface area contributed by atoms with Gasteiger partial charge in [0.15, 0.2) is 0 Å². The molecule has 1 N–H and O–H groups in total. The average molecular weight is 393 g/mol. The minimum absolute atomic E-state index is 0.582. The fourth-order valence-corrected chi connectivity index (χ4v) is 3.63. The second-order valence-corrected chi connectivity index (χ2v) is 7.12. The minimum Gasteiger partial charge on any atom is -0.381 e. The van der Waals surface area contributed by atoms with Crippen molar-refractivity contribution in [1.82, 2.24) is 4.90 Å². The van der Waals surface area contributed by atoms with E-state index < -0.39 is 0 Å². The number of hydrogen-bond donors (Lipinski definition) is 1. The molecule has 0 aromatic heterocycles. The first kappa shape index (κ1) is 15.4. The zero-order valence-corrected chi connectivity index (χ0v) is 14.5. The van der Waals surface area contributed by atoms with Crippen LogP contribution in [0.1, 0.15) is 33.1 Å². The lowest BCUT2D eigenvalue weighted by Gasteiger charge is -2.24. The van der Waals surface area contributed by atoms with Gasteiger partial charge in [0.2, 0.25) is 0 Å². The van der Waals surface area contributed by atoms with Gasteiger partial charge in [-0.3, -0.25) is 0 Å². The van der Waals surface area contributed by atoms with Crippen molar-refractivity contribution in [2.75, 3.05) is 18.4 Å². The van der Waals surface area contributed by atoms with Crippen LogP contribution >= 0.6 is 34.2 Å². The van der Waals surface area contributed by atoms with E-state index in [-0.39, 0.29) is 0 Å². The Kier molecular flexibility index (Phi) is 5.78. The number of nitrogens with zero attached hydrogens (tertiary/aromatic N) is 1. The summed E-state index contributed by atoms with van der Waals surface area (Å²) in [4.78, 5) is 2.58. The Morgan fingerprint density at radius 3 is 2.79 bits per heavy atom. The number of likely N-dealkylation sites (tertiary alicyclic amines) is 1. The van der Waals surface area contributed by atoms with Crippen molar-refractivity contribution < 1.29 is 0 Å². The molecule has 0 bridgehead atoms. The maximum atomic E-state index is 6.00. The number of benzene rings is 1. The maximum absolute atomic E-state index is 6.00. The van der Waals surface area contributed by atoms with Crippen LogP contribution in [0.4, 0.5) is 5.69 Å². The lowest BCUT2D eigenvalue weighted by molar-refractivity contribution is 0.230. The molecular formula is C15H22ClIN2. The number of anilines is 1. The van der Waals surface area contributed by atoms with Crippen molar-refractivity contribution in [1.29, 1.82) is 0 Å². The van der Waals surface area contributed by atoms with Crippen molar-refractivity contribution in [3.8, 4) is 0 Å². The van der Waals surface area contributed by atoms with E-state index in [1.54, 1.807) is 0 Å². The molecule has 1 heterocycles. The van der Waals surface area contributed by atoms with Crippen LogP contribution in [-0.2, 0) is 0 Å². The molecule has 0 amide bonds. The molecular weight excluding hydrogens is 371 g/mol. The second kappa shape index (κ2) is 7.14. The lowest BCUT2D eigenvalue weighted by Crippen LogP contribution is -2.32. The molecule has 1 unspecified atom stereocenters. The topological polar surface area (TPSA) is 15.3 Å². The Balaban J connectivity index is 1.96. The van der Waals surface area contributed by atoms with Crippen LogP contribution in [-0.4, -0.2) is 30.1 Å². The summed E-state index contributed by atoms with van der Waals surface area (Å²) >= 11 is 8.35. The summed E-state index contributed by atoms with van der Waals surface area (Å²) in [6, 6.07) is 7.31. The highest BCUT2D eigenvalue weighted by atomic mass is 127. The molecule has 1 atom stereocenters. The molecule has 0 aliphatic carbocycles. The molecule has 0 radical (unpaired) electrons. The first-order chi connectivity index (χ1) is 9.06. The highest BCUT2D eigenvalue weighted by Crippen LogP contribution is 2.25. The molecule has 19 heavy (non-hydrogen) atoms. The van der Waals surface area contributed by atoms with E-state index in [0.717, 1.165) is 5.02 Å². The zero-order valence-electron chi connectivity index (χ0n) is 11.6. The summed E-state index contributed by atoms with van der Waals surface area (Å²) in [5.41, 5.74) is 1.22. The molecule has 2 nitrogen and oxygen atoms in total. The summed E-state index contributed by atoms with van der Waals surface area (Å²) < 4.78 is 1.20. The van der Waals surface area contributed by atoms with Gasteiger partial charge in [-0.05, 0) is 80.4 Å². The fourth-order valence-electron chi connectivity index (χ4n) is 2.61. The van der Waals surface area contributed by atoms with Gasteiger partial charge in [-0.15, -0.1) is 0 Å². The number of nitrogens with one attached hydrogen (secondary N) is 1. The standard InChI is InChI=1S/C15H22ClIN2/c1-11(2)19-8-3-4-13(7-9-19)18-15-6-5-12(16)10-14(15)17/h5-6,10-11,13,18H,3-4,7-9H2,1-2H3. The van der Waals surface area contributed by atoms with Gasteiger partial charge >= 0.3 is 0 Å². The van der Waals surface area contributed by atoms with Gasteiger partial charge < -0.3 is 10.2 Å². The van der Waals surface area contributed by atoms with Crippen LogP contribution in [0.5, 0.6) is 0 Å². The Bertz CT molecular complexity index is 423. The molecule has 106 valence electrons. The predicted molar refractivity (Wildman–Crippen MR) is 92.1 cm³/mol. The van der Waals surface area contributed by atoms with E-state index in [1.807, 2.05) is 12.1 Å². The molecule has 1 aliphatic heterocycles. The van der Waals surface area contributed by atoms with E-state index in [1.165, 1.54) is 41.6 Å². The van der Waals surface area contributed by atoms with Crippen molar-refractivity contribution in [2.45, 2.75) is 45.2 Å². The van der Waals surface area contributed by atoms with Gasteiger partial charge in [-0.1, -0.05) is 11.6 Å². The number of hydrogen-bond acceptors (Lipinski definition) is 2. The van der Waals surface area contributed by atoms with Gasteiger partial charge in [0.1, 0.15) is 0 Å². The molecule has 4 heteroatoms. The highest BCUT2D eigenvalue weighted by molar-refractivity contribution is 14.1. The van der Waals surface area contributed by atoms with Gasteiger partial charge in [0, 0.05) is 32.9 Å². The Labute approximate surface area is 135 Å². The summed E-state index contributed by atoms with van der Waals surface area (Å²) in [6.07, 6.45) is 3.75. The van der Waals surface area contributed by atoms with Crippen LogP contribution in [0.3, 0.4) is 0 Å². The van der Waals surface area contributed by atoms with Crippen LogP contribution < -0.4 is 5.32 Å². The second-order valence-electron chi connectivity index (χ2n) is 5.53. The smallest absolute Gasteiger partial charge is 0.0479 e. The third kappa shape index (κ3) is 4.50. The zero-order chi connectivity index (χ0) is 13.8. The molecule has 0 saturated carbocycles. The van der Waals surface area contributed by atoms with E-state index in [0.29, 0.717) is 12.1 Å². The normalized spacial score (nSPS) is 21.4. The Morgan fingerprint density at radius 1 is 1.32 bits per heavy atom. The van der Waals surface area contributed by atoms with Crippen LogP contribution in [0.25, 0.3) is 0 Å². The Morgan fingerprint density at radius 2 is 2.11 bits per heavy atom. The van der Waals surface area contributed by atoms with E-state index in [2.05, 4.69) is 52.7 Å². The SMILES string of the molecule is CC(C)N1CCCC(Nc2ccc(Cl)cc2I)CC1. The summed E-state index contributed by atoms with van der Waals surface area (Å²) in [5.74, 6) is 0. The molecule has 1 saturated heterocycles. The van der Waals surface area contributed by atoms with Crippen LogP contribution in [0.15, 0.2) is 18.2 Å². The van der Waals surface area contributed by atoms with E-state index >= 15 is 0 Å². The first-order valence-corrected chi connectivity index (χ1v) is 8.47. The monoisotopic (exact) mass is 392 g/mol. The minimum atomic E-state index is 0.582. The van der Waals surface area contributed by atoms with Crippen LogP contribution in [0.2, 0.25) is 5.02 Å². The molecule has 1 aliphatic rings. The molecule has 0 spiro atoms. The summed E-state index contributed by atoms with van der Waals surface area (Å²) in [7, 11) is 0. The van der Waals surface area contributed by atoms with Gasteiger partial charge in [-0.2, -0.15) is 0 Å². The van der Waals surface area contributed by atoms with Crippen molar-refractivity contribution in [3.63, 3.8) is 0 Å². The lowest BCUT2D eigenvalue weighted by atomic mass is 10.1. The molecule has 1 fully saturated rings. The molecule has 2 rings (SSSR count). The predicted octanol–water partition coefficient (Wildman–Crippen LogP) is 4.62. The molecule has 1 aromatic carbocycles. The Hall–Kier alpha value is -0.000000000000000111. The van der Waals surface area contributed by atoms with Crippen LogP contribution in [0, 0.1) is 3.57 Å². The number of halogens is 2. The van der Waals surface area contributed by atoms with Gasteiger partial charge in [0.25, 0.3) is 0 Å². The largest absolute Gasteiger partial charge is 0.381 e. The average Bonchev–Trinajstić information content (AvgIpc) is 2.58. The number of rotatable bonds is 3. The quantitative estimate of drug-likeness (QED) is 0.755. The summed E-state index contributed by atoms with van der Waals surface area (Å²) in [6.45, 7) is 7.00. The highest BCUT2D eigenvalue weighted by Gasteiger charge is 2.18. The third-order valence-corrected chi connectivity index (χ3v) is 4.91. The maximum Gasteiger partial charge on any atom is 0.0479 e. The molecule has 1 aromatic rings. The summed E-state index contributed by atoms with van der Waals surface area (Å²) in [5, 5.41) is 4.49. The third-order valence-electron chi connectivity index (χ3n) is 3.78. The first-order valence-electron chi connectivity index (χ1n) is 7.02.